The number of rotatable bonds is 4. The van der Waals surface area contributed by atoms with Crippen LogP contribution in [0, 0.1) is 13.8 Å². The van der Waals surface area contributed by atoms with E-state index in [0.717, 1.165) is 22.6 Å². The fourth-order valence-corrected chi connectivity index (χ4v) is 2.05. The maximum absolute atomic E-state index is 5.69. The van der Waals surface area contributed by atoms with Crippen LogP contribution in [0.4, 0.5) is 0 Å². The fraction of sp³-hybridized carbons (Fsp3) is 0.286. The van der Waals surface area contributed by atoms with Crippen molar-refractivity contribution in [1.82, 2.24) is 15.4 Å². The first-order valence-corrected chi connectivity index (χ1v) is 6.06. The average molecular weight is 258 g/mol. The van der Waals surface area contributed by atoms with Crippen LogP contribution in [-0.4, -0.2) is 17.1 Å². The number of nitrogens with two attached hydrogens (primary N) is 1. The molecular weight excluding hydrogens is 240 g/mol. The van der Waals surface area contributed by atoms with Crippen molar-refractivity contribution in [2.45, 2.75) is 19.9 Å². The Morgan fingerprint density at radius 1 is 1.26 bits per heavy atom. The molecule has 0 aliphatic heterocycles. The van der Waals surface area contributed by atoms with Crippen LogP contribution in [0.1, 0.15) is 28.7 Å². The van der Waals surface area contributed by atoms with E-state index in [2.05, 4.69) is 15.4 Å². The average Bonchev–Trinajstić information content (AvgIpc) is 2.40. The van der Waals surface area contributed by atoms with Gasteiger partial charge in [0.25, 0.3) is 0 Å². The lowest BCUT2D eigenvalue weighted by Crippen LogP contribution is -2.30. The molecule has 1 aromatic heterocycles. The lowest BCUT2D eigenvalue weighted by atomic mass is 10.0. The summed E-state index contributed by atoms with van der Waals surface area (Å²) in [6.45, 7) is 3.88. The number of benzene rings is 1. The normalized spacial score (nSPS) is 12.2. The summed E-state index contributed by atoms with van der Waals surface area (Å²) in [5.74, 6) is 7.19. The summed E-state index contributed by atoms with van der Waals surface area (Å²) in [6.07, 6.45) is 1.73. The first kappa shape index (κ1) is 13.5. The summed E-state index contributed by atoms with van der Waals surface area (Å²) in [6, 6.07) is 7.60. The van der Waals surface area contributed by atoms with Crippen LogP contribution >= 0.6 is 0 Å². The van der Waals surface area contributed by atoms with Gasteiger partial charge >= 0.3 is 0 Å². The molecule has 0 spiro atoms. The number of aryl methyl sites for hydroxylation is 2. The van der Waals surface area contributed by atoms with E-state index in [9.17, 15) is 0 Å². The second-order valence-corrected chi connectivity index (χ2v) is 4.37. The SMILES string of the molecule is COc1ccc(C)cc1C(NN)c1ccnc(C)n1. The van der Waals surface area contributed by atoms with Gasteiger partial charge in [0, 0.05) is 11.8 Å². The smallest absolute Gasteiger partial charge is 0.125 e. The Morgan fingerprint density at radius 3 is 2.68 bits per heavy atom. The second kappa shape index (κ2) is 5.77. The van der Waals surface area contributed by atoms with E-state index < -0.39 is 0 Å². The number of aromatic nitrogens is 2. The molecule has 0 saturated heterocycles. The van der Waals surface area contributed by atoms with Gasteiger partial charge in [0.05, 0.1) is 18.8 Å². The Hall–Kier alpha value is -1.98. The second-order valence-electron chi connectivity index (χ2n) is 4.37. The minimum Gasteiger partial charge on any atom is -0.496 e. The van der Waals surface area contributed by atoms with Gasteiger partial charge in [-0.15, -0.1) is 0 Å². The Morgan fingerprint density at radius 2 is 2.05 bits per heavy atom. The molecule has 5 nitrogen and oxygen atoms in total. The van der Waals surface area contributed by atoms with Gasteiger partial charge in [0.2, 0.25) is 0 Å². The van der Waals surface area contributed by atoms with Gasteiger partial charge in [-0.25, -0.2) is 15.4 Å². The number of nitrogens with one attached hydrogen (secondary N) is 1. The van der Waals surface area contributed by atoms with Crippen molar-refractivity contribution in [3.8, 4) is 5.75 Å². The largest absolute Gasteiger partial charge is 0.496 e. The summed E-state index contributed by atoms with van der Waals surface area (Å²) in [4.78, 5) is 8.52. The van der Waals surface area contributed by atoms with Crippen LogP contribution in [0.25, 0.3) is 0 Å². The van der Waals surface area contributed by atoms with E-state index in [4.69, 9.17) is 10.6 Å². The van der Waals surface area contributed by atoms with E-state index in [1.54, 1.807) is 13.3 Å². The molecule has 3 N–H and O–H groups in total. The Kier molecular flexibility index (Phi) is 4.09. The van der Waals surface area contributed by atoms with Crippen molar-refractivity contribution in [3.63, 3.8) is 0 Å². The minimum absolute atomic E-state index is 0.225. The van der Waals surface area contributed by atoms with Gasteiger partial charge in [-0.05, 0) is 26.0 Å². The topological polar surface area (TPSA) is 73.1 Å². The molecular formula is C14H18N4O. The Labute approximate surface area is 112 Å². The highest BCUT2D eigenvalue weighted by atomic mass is 16.5. The quantitative estimate of drug-likeness (QED) is 0.644. The number of hydrogen-bond donors (Lipinski definition) is 2. The molecule has 0 saturated carbocycles. The highest BCUT2D eigenvalue weighted by molar-refractivity contribution is 5.42. The van der Waals surface area contributed by atoms with Gasteiger partial charge in [-0.1, -0.05) is 17.7 Å². The number of nitrogens with zero attached hydrogens (tertiary/aromatic N) is 2. The highest BCUT2D eigenvalue weighted by Gasteiger charge is 2.18. The summed E-state index contributed by atoms with van der Waals surface area (Å²) < 4.78 is 5.40. The molecule has 1 atom stereocenters. The Bertz CT molecular complexity index is 571. The molecule has 100 valence electrons. The predicted octanol–water partition coefficient (Wildman–Crippen LogP) is 1.65. The summed E-state index contributed by atoms with van der Waals surface area (Å²) >= 11 is 0. The monoisotopic (exact) mass is 258 g/mol. The number of methoxy groups -OCH3 is 1. The van der Waals surface area contributed by atoms with Crippen LogP contribution in [0.5, 0.6) is 5.75 Å². The van der Waals surface area contributed by atoms with E-state index >= 15 is 0 Å². The van der Waals surface area contributed by atoms with Gasteiger partial charge in [-0.2, -0.15) is 0 Å². The number of hydrazine groups is 1. The van der Waals surface area contributed by atoms with E-state index in [1.807, 2.05) is 38.1 Å². The van der Waals surface area contributed by atoms with Crippen molar-refractivity contribution in [3.05, 3.63) is 53.1 Å². The van der Waals surface area contributed by atoms with Crippen LogP contribution < -0.4 is 16.0 Å². The van der Waals surface area contributed by atoms with Crippen molar-refractivity contribution in [1.29, 1.82) is 0 Å². The first-order chi connectivity index (χ1) is 9.15. The van der Waals surface area contributed by atoms with E-state index in [1.165, 1.54) is 0 Å². The van der Waals surface area contributed by atoms with Gasteiger partial charge in [0.1, 0.15) is 11.6 Å². The molecule has 0 aliphatic rings. The van der Waals surface area contributed by atoms with Crippen molar-refractivity contribution in [2.24, 2.45) is 5.84 Å². The van der Waals surface area contributed by atoms with Crippen molar-refractivity contribution in [2.75, 3.05) is 7.11 Å². The molecule has 0 radical (unpaired) electrons. The molecule has 2 rings (SSSR count). The highest BCUT2D eigenvalue weighted by Crippen LogP contribution is 2.29. The molecule has 0 bridgehead atoms. The van der Waals surface area contributed by atoms with Crippen molar-refractivity contribution >= 4 is 0 Å². The number of hydrogen-bond acceptors (Lipinski definition) is 5. The maximum atomic E-state index is 5.69. The first-order valence-electron chi connectivity index (χ1n) is 6.06. The van der Waals surface area contributed by atoms with Crippen LogP contribution in [0.3, 0.4) is 0 Å². The number of ether oxygens (including phenoxy) is 1. The molecule has 5 heteroatoms. The van der Waals surface area contributed by atoms with Gasteiger partial charge in [0.15, 0.2) is 0 Å². The zero-order chi connectivity index (χ0) is 13.8. The molecule has 1 aromatic carbocycles. The fourth-order valence-electron chi connectivity index (χ4n) is 2.05. The van der Waals surface area contributed by atoms with E-state index in [0.29, 0.717) is 5.82 Å². The molecule has 19 heavy (non-hydrogen) atoms. The van der Waals surface area contributed by atoms with Gasteiger partial charge in [-0.3, -0.25) is 5.84 Å². The predicted molar refractivity (Wildman–Crippen MR) is 73.7 cm³/mol. The van der Waals surface area contributed by atoms with Crippen LogP contribution in [0.2, 0.25) is 0 Å². The van der Waals surface area contributed by atoms with Crippen molar-refractivity contribution < 1.29 is 4.74 Å². The third-order valence-electron chi connectivity index (χ3n) is 2.96. The molecule has 0 amide bonds. The molecule has 2 aromatic rings. The lowest BCUT2D eigenvalue weighted by Gasteiger charge is -2.19. The standard InChI is InChI=1S/C14H18N4O/c1-9-4-5-13(19-3)11(8-9)14(18-15)12-6-7-16-10(2)17-12/h4-8,14,18H,15H2,1-3H3. The summed E-state index contributed by atoms with van der Waals surface area (Å²) in [7, 11) is 1.65. The minimum atomic E-state index is -0.225. The third-order valence-corrected chi connectivity index (χ3v) is 2.96. The Balaban J connectivity index is 2.50. The van der Waals surface area contributed by atoms with Crippen LogP contribution in [-0.2, 0) is 0 Å². The molecule has 1 heterocycles. The lowest BCUT2D eigenvalue weighted by molar-refractivity contribution is 0.403. The van der Waals surface area contributed by atoms with Crippen LogP contribution in [0.15, 0.2) is 30.5 Å². The van der Waals surface area contributed by atoms with Gasteiger partial charge < -0.3 is 4.74 Å². The molecule has 0 aliphatic carbocycles. The zero-order valence-corrected chi connectivity index (χ0v) is 11.3. The zero-order valence-electron chi connectivity index (χ0n) is 11.3. The molecule has 0 fully saturated rings. The third kappa shape index (κ3) is 2.89. The summed E-state index contributed by atoms with van der Waals surface area (Å²) in [5, 5.41) is 0. The van der Waals surface area contributed by atoms with E-state index in [-0.39, 0.29) is 6.04 Å². The summed E-state index contributed by atoms with van der Waals surface area (Å²) in [5.41, 5.74) is 5.71. The maximum Gasteiger partial charge on any atom is 0.125 e. The molecule has 1 unspecified atom stereocenters.